The molecule has 0 fully saturated rings. The summed E-state index contributed by atoms with van der Waals surface area (Å²) in [5.41, 5.74) is 8.01. The van der Waals surface area contributed by atoms with Crippen LogP contribution in [0.4, 0.5) is 5.00 Å². The molecular formula is C21H27N3O2S2. The van der Waals surface area contributed by atoms with Gasteiger partial charge in [0.25, 0.3) is 5.91 Å². The lowest BCUT2D eigenvalue weighted by Gasteiger charge is -2.09. The minimum absolute atomic E-state index is 0.119. The van der Waals surface area contributed by atoms with E-state index in [1.165, 1.54) is 11.3 Å². The van der Waals surface area contributed by atoms with Gasteiger partial charge in [0.1, 0.15) is 5.00 Å². The number of hydrogen-bond acceptors (Lipinski definition) is 4. The summed E-state index contributed by atoms with van der Waals surface area (Å²) in [6, 6.07) is 10.0. The topological polar surface area (TPSA) is 84.2 Å². The zero-order valence-electron chi connectivity index (χ0n) is 16.3. The highest BCUT2D eigenvalue weighted by atomic mass is 32.1. The molecule has 1 aromatic heterocycles. The number of unbranched alkanes of at least 4 members (excludes halogenated alkanes) is 3. The van der Waals surface area contributed by atoms with E-state index in [0.29, 0.717) is 23.4 Å². The summed E-state index contributed by atoms with van der Waals surface area (Å²) >= 11 is 6.69. The fourth-order valence-corrected chi connectivity index (χ4v) is 4.46. The van der Waals surface area contributed by atoms with E-state index in [1.807, 2.05) is 37.3 Å². The van der Waals surface area contributed by atoms with Crippen molar-refractivity contribution in [1.82, 2.24) is 5.32 Å². The highest BCUT2D eigenvalue weighted by Gasteiger charge is 2.20. The number of primary amides is 1. The number of amides is 2. The van der Waals surface area contributed by atoms with Gasteiger partial charge in [0.2, 0.25) is 5.91 Å². The fourth-order valence-electron chi connectivity index (χ4n) is 2.93. The molecule has 0 aliphatic rings. The minimum Gasteiger partial charge on any atom is -0.365 e. The van der Waals surface area contributed by atoms with Crippen molar-refractivity contribution in [3.63, 3.8) is 0 Å². The lowest BCUT2D eigenvalue weighted by atomic mass is 10.1. The molecule has 1 aromatic carbocycles. The number of benzene rings is 1. The van der Waals surface area contributed by atoms with Gasteiger partial charge in [0, 0.05) is 17.7 Å². The number of nitrogens with one attached hydrogen (secondary N) is 2. The van der Waals surface area contributed by atoms with Crippen LogP contribution in [0.25, 0.3) is 0 Å². The smallest absolute Gasteiger partial charge is 0.251 e. The summed E-state index contributed by atoms with van der Waals surface area (Å²) < 4.78 is 0. The minimum atomic E-state index is -0.510. The number of thiocarbonyl (C=S) groups is 1. The van der Waals surface area contributed by atoms with E-state index in [-0.39, 0.29) is 11.0 Å². The molecule has 0 saturated heterocycles. The molecule has 2 rings (SSSR count). The first kappa shape index (κ1) is 22.0. The van der Waals surface area contributed by atoms with Gasteiger partial charge < -0.3 is 16.4 Å². The maximum Gasteiger partial charge on any atom is 0.251 e. The third kappa shape index (κ3) is 6.42. The van der Waals surface area contributed by atoms with Crippen LogP contribution >= 0.6 is 23.6 Å². The molecule has 0 spiro atoms. The predicted molar refractivity (Wildman–Crippen MR) is 120 cm³/mol. The van der Waals surface area contributed by atoms with Gasteiger partial charge in [0.15, 0.2) is 5.11 Å². The molecular weight excluding hydrogens is 390 g/mol. The Labute approximate surface area is 175 Å². The summed E-state index contributed by atoms with van der Waals surface area (Å²) in [6.45, 7) is 4.01. The monoisotopic (exact) mass is 417 g/mol. The van der Waals surface area contributed by atoms with Crippen molar-refractivity contribution in [2.45, 2.75) is 52.4 Å². The number of nitrogens with two attached hydrogens (primary N) is 1. The van der Waals surface area contributed by atoms with Crippen molar-refractivity contribution in [1.29, 1.82) is 0 Å². The zero-order chi connectivity index (χ0) is 20.5. The van der Waals surface area contributed by atoms with Crippen LogP contribution in [-0.2, 0) is 11.2 Å². The number of rotatable bonds is 9. The van der Waals surface area contributed by atoms with Crippen LogP contribution in [0.3, 0.4) is 0 Å². The van der Waals surface area contributed by atoms with E-state index in [1.54, 1.807) is 0 Å². The normalized spacial score (nSPS) is 10.5. The van der Waals surface area contributed by atoms with Crippen LogP contribution < -0.4 is 16.4 Å². The van der Waals surface area contributed by atoms with Crippen molar-refractivity contribution in [2.24, 2.45) is 5.73 Å². The Hall–Kier alpha value is -2.25. The first-order valence-electron chi connectivity index (χ1n) is 9.49. The van der Waals surface area contributed by atoms with Gasteiger partial charge in [-0.05, 0) is 36.7 Å². The van der Waals surface area contributed by atoms with E-state index >= 15 is 0 Å². The highest BCUT2D eigenvalue weighted by molar-refractivity contribution is 7.80. The molecule has 0 bridgehead atoms. The van der Waals surface area contributed by atoms with Crippen LogP contribution in [0, 0.1) is 6.92 Å². The summed E-state index contributed by atoms with van der Waals surface area (Å²) in [4.78, 5) is 25.0. The molecule has 1 heterocycles. The van der Waals surface area contributed by atoms with Gasteiger partial charge in [0.05, 0.1) is 5.56 Å². The maximum absolute atomic E-state index is 12.0. The quantitative estimate of drug-likeness (QED) is 0.413. The molecule has 2 aromatic rings. The Morgan fingerprint density at radius 3 is 2.50 bits per heavy atom. The summed E-state index contributed by atoms with van der Waals surface area (Å²) in [5.74, 6) is -0.628. The SMILES string of the molecule is CCCCCCC(=O)NC(=S)Nc1sc(Cc2ccccc2)c(C)c1C(N)=O. The van der Waals surface area contributed by atoms with Crippen LogP contribution in [0.2, 0.25) is 0 Å². The molecule has 150 valence electrons. The average Bonchev–Trinajstić information content (AvgIpc) is 2.94. The summed E-state index contributed by atoms with van der Waals surface area (Å²) in [6.07, 6.45) is 5.26. The highest BCUT2D eigenvalue weighted by Crippen LogP contribution is 2.34. The molecule has 0 unspecified atom stereocenters. The summed E-state index contributed by atoms with van der Waals surface area (Å²) in [7, 11) is 0. The van der Waals surface area contributed by atoms with Gasteiger partial charge in [-0.3, -0.25) is 9.59 Å². The molecule has 5 nitrogen and oxygen atoms in total. The maximum atomic E-state index is 12.0. The van der Waals surface area contributed by atoms with E-state index in [4.69, 9.17) is 18.0 Å². The second kappa shape index (κ2) is 10.9. The lowest BCUT2D eigenvalue weighted by molar-refractivity contribution is -0.119. The first-order chi connectivity index (χ1) is 13.4. The number of thiophene rings is 1. The molecule has 2 amide bonds. The number of anilines is 1. The van der Waals surface area contributed by atoms with E-state index in [2.05, 4.69) is 17.6 Å². The molecule has 28 heavy (non-hydrogen) atoms. The second-order valence-corrected chi connectivity index (χ2v) is 8.21. The Bertz CT molecular complexity index is 832. The largest absolute Gasteiger partial charge is 0.365 e. The van der Waals surface area contributed by atoms with Crippen molar-refractivity contribution < 1.29 is 9.59 Å². The second-order valence-electron chi connectivity index (χ2n) is 6.69. The van der Waals surface area contributed by atoms with E-state index in [0.717, 1.165) is 41.7 Å². The summed E-state index contributed by atoms with van der Waals surface area (Å²) in [5, 5.41) is 6.44. The van der Waals surface area contributed by atoms with E-state index in [9.17, 15) is 9.59 Å². The Morgan fingerprint density at radius 2 is 1.86 bits per heavy atom. The molecule has 0 radical (unpaired) electrons. The average molecular weight is 418 g/mol. The zero-order valence-corrected chi connectivity index (χ0v) is 18.0. The molecule has 0 saturated carbocycles. The molecule has 0 atom stereocenters. The first-order valence-corrected chi connectivity index (χ1v) is 10.7. The predicted octanol–water partition coefficient (Wildman–Crippen LogP) is 4.53. The van der Waals surface area contributed by atoms with Crippen LogP contribution in [-0.4, -0.2) is 16.9 Å². The Morgan fingerprint density at radius 1 is 1.14 bits per heavy atom. The molecule has 0 aliphatic carbocycles. The van der Waals surface area contributed by atoms with Gasteiger partial charge in [-0.25, -0.2) is 0 Å². The van der Waals surface area contributed by atoms with Gasteiger partial charge in [-0.15, -0.1) is 11.3 Å². The van der Waals surface area contributed by atoms with Gasteiger partial charge in [-0.1, -0.05) is 56.5 Å². The Kier molecular flexibility index (Phi) is 8.60. The van der Waals surface area contributed by atoms with Crippen LogP contribution in [0.15, 0.2) is 30.3 Å². The van der Waals surface area contributed by atoms with Crippen LogP contribution in [0.1, 0.15) is 65.4 Å². The van der Waals surface area contributed by atoms with Gasteiger partial charge in [-0.2, -0.15) is 0 Å². The van der Waals surface area contributed by atoms with Crippen molar-refractivity contribution >= 4 is 45.5 Å². The lowest BCUT2D eigenvalue weighted by Crippen LogP contribution is -2.34. The standard InChI is InChI=1S/C21H27N3O2S2/c1-3-4-5-9-12-17(25)23-21(27)24-20-18(19(22)26)14(2)16(28-20)13-15-10-7-6-8-11-15/h6-8,10-11H,3-5,9,12-13H2,1-2H3,(H2,22,26)(H2,23,24,25,27). The van der Waals surface area contributed by atoms with Gasteiger partial charge >= 0.3 is 0 Å². The van der Waals surface area contributed by atoms with Crippen LogP contribution in [0.5, 0.6) is 0 Å². The molecule has 7 heteroatoms. The van der Waals surface area contributed by atoms with Crippen molar-refractivity contribution in [3.8, 4) is 0 Å². The van der Waals surface area contributed by atoms with E-state index < -0.39 is 5.91 Å². The third-order valence-corrected chi connectivity index (χ3v) is 5.85. The molecule has 4 N–H and O–H groups in total. The van der Waals surface area contributed by atoms with Crippen molar-refractivity contribution in [3.05, 3.63) is 51.9 Å². The molecule has 0 aliphatic heterocycles. The third-order valence-electron chi connectivity index (χ3n) is 4.44. The number of carbonyl (C=O) groups excluding carboxylic acids is 2. The number of hydrogen-bond donors (Lipinski definition) is 3. The number of carbonyl (C=O) groups is 2. The Balaban J connectivity index is 2.05. The van der Waals surface area contributed by atoms with Crippen molar-refractivity contribution in [2.75, 3.05) is 5.32 Å². The fraction of sp³-hybridized carbons (Fsp3) is 0.381.